The minimum absolute atomic E-state index is 0.0185. The SMILES string of the molecule is CN1CCN2C[C@@H](NC(=O)c3cnn4ccn(C)c34)C[C@H]2C1. The van der Waals surface area contributed by atoms with E-state index in [0.717, 1.165) is 38.2 Å². The molecule has 0 saturated carbocycles. The highest BCUT2D eigenvalue weighted by atomic mass is 16.1. The molecule has 2 aromatic rings. The van der Waals surface area contributed by atoms with Crippen molar-refractivity contribution < 1.29 is 4.79 Å². The zero-order valence-electron chi connectivity index (χ0n) is 13.1. The summed E-state index contributed by atoms with van der Waals surface area (Å²) >= 11 is 0. The van der Waals surface area contributed by atoms with Crippen LogP contribution in [0.2, 0.25) is 0 Å². The molecule has 2 aliphatic rings. The van der Waals surface area contributed by atoms with Crippen LogP contribution in [0.1, 0.15) is 16.8 Å². The Morgan fingerprint density at radius 1 is 1.27 bits per heavy atom. The number of hydrogen-bond acceptors (Lipinski definition) is 4. The van der Waals surface area contributed by atoms with Gasteiger partial charge in [0, 0.05) is 57.7 Å². The van der Waals surface area contributed by atoms with Crippen LogP contribution in [-0.4, -0.2) is 75.2 Å². The van der Waals surface area contributed by atoms with Crippen LogP contribution >= 0.6 is 0 Å². The molecule has 0 aliphatic carbocycles. The van der Waals surface area contributed by atoms with Gasteiger partial charge in [0.05, 0.1) is 6.20 Å². The third kappa shape index (κ3) is 2.21. The molecule has 1 N–H and O–H groups in total. The van der Waals surface area contributed by atoms with Gasteiger partial charge in [0.1, 0.15) is 11.2 Å². The third-order valence-electron chi connectivity index (χ3n) is 4.93. The van der Waals surface area contributed by atoms with E-state index in [-0.39, 0.29) is 11.9 Å². The Bertz CT molecular complexity index is 704. The molecule has 2 saturated heterocycles. The van der Waals surface area contributed by atoms with Gasteiger partial charge in [-0.2, -0.15) is 5.10 Å². The molecule has 22 heavy (non-hydrogen) atoms. The number of carbonyl (C=O) groups is 1. The maximum Gasteiger partial charge on any atom is 0.256 e. The number of rotatable bonds is 2. The molecule has 0 spiro atoms. The van der Waals surface area contributed by atoms with Crippen molar-refractivity contribution >= 4 is 11.6 Å². The number of likely N-dealkylation sites (N-methyl/N-ethyl adjacent to an activating group) is 1. The fraction of sp³-hybridized carbons (Fsp3) is 0.600. The van der Waals surface area contributed by atoms with Crippen LogP contribution in [0, 0.1) is 0 Å². The summed E-state index contributed by atoms with van der Waals surface area (Å²) in [5.74, 6) is -0.0185. The van der Waals surface area contributed by atoms with Gasteiger partial charge >= 0.3 is 0 Å². The molecule has 4 rings (SSSR count). The first-order valence-electron chi connectivity index (χ1n) is 7.84. The van der Waals surface area contributed by atoms with Gasteiger partial charge in [-0.3, -0.25) is 9.69 Å². The Balaban J connectivity index is 1.47. The predicted molar refractivity (Wildman–Crippen MR) is 82.9 cm³/mol. The second kappa shape index (κ2) is 5.10. The summed E-state index contributed by atoms with van der Waals surface area (Å²) < 4.78 is 3.66. The number of imidazole rings is 1. The molecule has 7 nitrogen and oxygen atoms in total. The number of nitrogens with one attached hydrogen (secondary N) is 1. The second-order valence-corrected chi connectivity index (χ2v) is 6.55. The first-order valence-corrected chi connectivity index (χ1v) is 7.84. The molecule has 0 bridgehead atoms. The zero-order chi connectivity index (χ0) is 15.3. The average Bonchev–Trinajstić information content (AvgIpc) is 3.14. The fourth-order valence-electron chi connectivity index (χ4n) is 3.78. The van der Waals surface area contributed by atoms with Crippen molar-refractivity contribution in [3.63, 3.8) is 0 Å². The van der Waals surface area contributed by atoms with Crippen LogP contribution in [0.25, 0.3) is 5.65 Å². The Kier molecular flexibility index (Phi) is 3.19. The lowest BCUT2D eigenvalue weighted by Crippen LogP contribution is -2.48. The fourth-order valence-corrected chi connectivity index (χ4v) is 3.78. The smallest absolute Gasteiger partial charge is 0.256 e. The summed E-state index contributed by atoms with van der Waals surface area (Å²) in [6, 6.07) is 0.811. The molecule has 0 radical (unpaired) electrons. The van der Waals surface area contributed by atoms with Gasteiger partial charge in [-0.25, -0.2) is 4.52 Å². The normalized spacial score (nSPS) is 26.5. The largest absolute Gasteiger partial charge is 0.348 e. The van der Waals surface area contributed by atoms with Gasteiger partial charge in [-0.15, -0.1) is 0 Å². The van der Waals surface area contributed by atoms with Gasteiger partial charge in [-0.1, -0.05) is 0 Å². The van der Waals surface area contributed by atoms with Crippen molar-refractivity contribution in [2.45, 2.75) is 18.5 Å². The monoisotopic (exact) mass is 302 g/mol. The molecule has 7 heteroatoms. The summed E-state index contributed by atoms with van der Waals surface area (Å²) in [7, 11) is 4.10. The molecular weight excluding hydrogens is 280 g/mol. The molecule has 118 valence electrons. The van der Waals surface area contributed by atoms with Crippen LogP contribution in [-0.2, 0) is 7.05 Å². The van der Waals surface area contributed by atoms with Crippen molar-refractivity contribution in [2.24, 2.45) is 7.05 Å². The Morgan fingerprint density at radius 3 is 3.00 bits per heavy atom. The third-order valence-corrected chi connectivity index (χ3v) is 4.93. The highest BCUT2D eigenvalue weighted by molar-refractivity contribution is 6.00. The number of aromatic nitrogens is 3. The highest BCUT2D eigenvalue weighted by Gasteiger charge is 2.36. The van der Waals surface area contributed by atoms with Crippen LogP contribution in [0.4, 0.5) is 0 Å². The average molecular weight is 302 g/mol. The van der Waals surface area contributed by atoms with Gasteiger partial charge < -0.3 is 14.8 Å². The molecule has 0 aromatic carbocycles. The van der Waals surface area contributed by atoms with Crippen molar-refractivity contribution in [3.8, 4) is 0 Å². The van der Waals surface area contributed by atoms with Crippen LogP contribution in [0.3, 0.4) is 0 Å². The van der Waals surface area contributed by atoms with Crippen LogP contribution in [0.5, 0.6) is 0 Å². The minimum Gasteiger partial charge on any atom is -0.348 e. The standard InChI is InChI=1S/C15H22N6O/c1-18-3-5-20-9-11(7-12(20)10-18)17-14(22)13-8-16-21-6-4-19(2)15(13)21/h4,6,8,11-12H,3,5,7,9-10H2,1-2H3,(H,17,22)/t11-,12-/m0/s1. The number of aryl methyl sites for hydroxylation is 1. The van der Waals surface area contributed by atoms with E-state index in [9.17, 15) is 4.79 Å². The quantitative estimate of drug-likeness (QED) is 0.834. The van der Waals surface area contributed by atoms with E-state index in [1.807, 2.05) is 24.0 Å². The van der Waals surface area contributed by atoms with Crippen molar-refractivity contribution in [1.29, 1.82) is 0 Å². The number of nitrogens with zero attached hydrogens (tertiary/aromatic N) is 5. The summed E-state index contributed by atoms with van der Waals surface area (Å²) in [5.41, 5.74) is 1.49. The number of hydrogen-bond donors (Lipinski definition) is 1. The minimum atomic E-state index is -0.0185. The van der Waals surface area contributed by atoms with E-state index in [4.69, 9.17) is 0 Å². The van der Waals surface area contributed by atoms with Crippen LogP contribution in [0.15, 0.2) is 18.6 Å². The molecule has 2 fully saturated rings. The number of piperazine rings is 1. The molecular formula is C15H22N6O. The predicted octanol–water partition coefficient (Wildman–Crippen LogP) is -0.209. The lowest BCUT2D eigenvalue weighted by Gasteiger charge is -2.34. The van der Waals surface area contributed by atoms with Gasteiger partial charge in [0.25, 0.3) is 5.91 Å². The Hall–Kier alpha value is -1.86. The second-order valence-electron chi connectivity index (χ2n) is 6.55. The van der Waals surface area contributed by atoms with Crippen LogP contribution < -0.4 is 5.32 Å². The molecule has 1 amide bonds. The van der Waals surface area contributed by atoms with Crippen molar-refractivity contribution in [3.05, 3.63) is 24.2 Å². The summed E-state index contributed by atoms with van der Waals surface area (Å²) in [5, 5.41) is 7.43. The zero-order valence-corrected chi connectivity index (χ0v) is 13.1. The van der Waals surface area contributed by atoms with Gasteiger partial charge in [0.2, 0.25) is 0 Å². The van der Waals surface area contributed by atoms with E-state index < -0.39 is 0 Å². The molecule has 2 atom stereocenters. The summed E-state index contributed by atoms with van der Waals surface area (Å²) in [6.45, 7) is 4.28. The maximum atomic E-state index is 12.6. The Morgan fingerprint density at radius 2 is 2.14 bits per heavy atom. The van der Waals surface area contributed by atoms with E-state index >= 15 is 0 Å². The van der Waals surface area contributed by atoms with Gasteiger partial charge in [-0.05, 0) is 13.5 Å². The summed E-state index contributed by atoms with van der Waals surface area (Å²) in [6.07, 6.45) is 6.46. The molecule has 0 unspecified atom stereocenters. The van der Waals surface area contributed by atoms with Crippen molar-refractivity contribution in [2.75, 3.05) is 33.2 Å². The van der Waals surface area contributed by atoms with Gasteiger partial charge in [0.15, 0.2) is 0 Å². The lowest BCUT2D eigenvalue weighted by atomic mass is 10.1. The van der Waals surface area contributed by atoms with E-state index in [1.165, 1.54) is 0 Å². The van der Waals surface area contributed by atoms with E-state index in [0.29, 0.717) is 11.6 Å². The topological polar surface area (TPSA) is 57.8 Å². The summed E-state index contributed by atoms with van der Waals surface area (Å²) in [4.78, 5) is 17.5. The number of fused-ring (bicyclic) bond motifs is 2. The highest BCUT2D eigenvalue weighted by Crippen LogP contribution is 2.22. The Labute approximate surface area is 129 Å². The molecule has 2 aliphatic heterocycles. The molecule has 2 aromatic heterocycles. The molecule has 4 heterocycles. The van der Waals surface area contributed by atoms with E-state index in [2.05, 4.69) is 27.3 Å². The lowest BCUT2D eigenvalue weighted by molar-refractivity contribution is 0.0938. The van der Waals surface area contributed by atoms with Crippen molar-refractivity contribution in [1.82, 2.24) is 29.3 Å². The first kappa shape index (κ1) is 13.8. The maximum absolute atomic E-state index is 12.6. The number of carbonyl (C=O) groups excluding carboxylic acids is 1. The number of amides is 1. The first-order chi connectivity index (χ1) is 10.6. The van der Waals surface area contributed by atoms with E-state index in [1.54, 1.807) is 10.7 Å².